The van der Waals surface area contributed by atoms with E-state index in [9.17, 15) is 0 Å². The van der Waals surface area contributed by atoms with Gasteiger partial charge in [0.15, 0.2) is 5.13 Å². The summed E-state index contributed by atoms with van der Waals surface area (Å²) in [6, 6.07) is 4.41. The smallest absolute Gasteiger partial charge is 0.180 e. The Morgan fingerprint density at radius 1 is 1.50 bits per heavy atom. The van der Waals surface area contributed by atoms with Gasteiger partial charge in [0, 0.05) is 18.1 Å². The largest absolute Gasteiger partial charge is 0.375 e. The summed E-state index contributed by atoms with van der Waals surface area (Å²) in [5.74, 6) is 1.08. The monoisotopic (exact) mass is 260 g/mol. The molecule has 4 nitrogen and oxygen atoms in total. The van der Waals surface area contributed by atoms with Gasteiger partial charge in [0.05, 0.1) is 11.7 Å². The van der Waals surface area contributed by atoms with Gasteiger partial charge in [-0.15, -0.1) is 11.3 Å². The summed E-state index contributed by atoms with van der Waals surface area (Å²) in [6.45, 7) is 3.15. The minimum absolute atomic E-state index is 0.326. The van der Waals surface area contributed by atoms with E-state index in [1.807, 2.05) is 12.3 Å². The van der Waals surface area contributed by atoms with E-state index in [0.29, 0.717) is 11.2 Å². The molecule has 0 saturated carbocycles. The molecule has 1 unspecified atom stereocenters. The fraction of sp³-hybridized carbons (Fsp3) is 0.385. The molecule has 3 heterocycles. The number of aromatic nitrogens is 2. The third-order valence-corrected chi connectivity index (χ3v) is 4.08. The van der Waals surface area contributed by atoms with Crippen molar-refractivity contribution in [3.8, 4) is 0 Å². The van der Waals surface area contributed by atoms with E-state index in [0.717, 1.165) is 24.5 Å². The lowest BCUT2D eigenvalue weighted by atomic mass is 10.1. The highest BCUT2D eigenvalue weighted by Crippen LogP contribution is 2.36. The number of nitrogens with zero attached hydrogens (tertiary/aromatic N) is 3. The Labute approximate surface area is 110 Å². The van der Waals surface area contributed by atoms with Gasteiger partial charge in [0.25, 0.3) is 0 Å². The Bertz CT molecular complexity index is 551. The fourth-order valence-electron chi connectivity index (χ4n) is 2.56. The van der Waals surface area contributed by atoms with Gasteiger partial charge in [-0.1, -0.05) is 6.07 Å². The third-order valence-electron chi connectivity index (χ3n) is 3.39. The summed E-state index contributed by atoms with van der Waals surface area (Å²) < 4.78 is 0. The molecule has 1 saturated heterocycles. The molecule has 0 radical (unpaired) electrons. The lowest BCUT2D eigenvalue weighted by molar-refractivity contribution is 0.692. The molecule has 0 aromatic carbocycles. The Balaban J connectivity index is 1.94. The van der Waals surface area contributed by atoms with Crippen LogP contribution >= 0.6 is 11.3 Å². The van der Waals surface area contributed by atoms with Crippen molar-refractivity contribution in [3.63, 3.8) is 0 Å². The highest BCUT2D eigenvalue weighted by atomic mass is 32.1. The number of hydrogen-bond acceptors (Lipinski definition) is 5. The van der Waals surface area contributed by atoms with Crippen LogP contribution in [0, 0.1) is 6.92 Å². The second-order valence-electron chi connectivity index (χ2n) is 4.61. The molecule has 2 aromatic rings. The maximum absolute atomic E-state index is 5.73. The van der Waals surface area contributed by atoms with Crippen LogP contribution in [0.3, 0.4) is 0 Å². The standard InChI is InChI=1S/C13H16N4S/c1-9-4-2-6-15-12(9)17-7-3-5-11(17)10-8-18-13(14)16-10/h2,4,6,8,11H,3,5,7H2,1H3,(H2,14,16). The number of anilines is 2. The highest BCUT2D eigenvalue weighted by molar-refractivity contribution is 7.13. The lowest BCUT2D eigenvalue weighted by Crippen LogP contribution is -2.24. The molecular formula is C13H16N4S. The number of aryl methyl sites for hydroxylation is 1. The SMILES string of the molecule is Cc1cccnc1N1CCCC1c1csc(N)n1. The minimum Gasteiger partial charge on any atom is -0.375 e. The lowest BCUT2D eigenvalue weighted by Gasteiger charge is -2.25. The van der Waals surface area contributed by atoms with Crippen LogP contribution in [-0.4, -0.2) is 16.5 Å². The second kappa shape index (κ2) is 4.57. The van der Waals surface area contributed by atoms with E-state index in [1.165, 1.54) is 23.3 Å². The van der Waals surface area contributed by atoms with Gasteiger partial charge in [0.2, 0.25) is 0 Å². The Hall–Kier alpha value is -1.62. The van der Waals surface area contributed by atoms with Crippen LogP contribution in [0.2, 0.25) is 0 Å². The predicted octanol–water partition coefficient (Wildman–Crippen LogP) is 2.77. The van der Waals surface area contributed by atoms with E-state index in [2.05, 4.69) is 33.2 Å². The zero-order valence-electron chi connectivity index (χ0n) is 10.3. The number of nitrogen functional groups attached to an aromatic ring is 1. The first-order valence-corrected chi connectivity index (χ1v) is 7.03. The Kier molecular flexibility index (Phi) is 2.91. The summed E-state index contributed by atoms with van der Waals surface area (Å²) >= 11 is 1.51. The fourth-order valence-corrected chi connectivity index (χ4v) is 3.17. The second-order valence-corrected chi connectivity index (χ2v) is 5.50. The van der Waals surface area contributed by atoms with Gasteiger partial charge >= 0.3 is 0 Å². The van der Waals surface area contributed by atoms with Crippen molar-refractivity contribution in [2.24, 2.45) is 0 Å². The van der Waals surface area contributed by atoms with Crippen molar-refractivity contribution < 1.29 is 0 Å². The van der Waals surface area contributed by atoms with Gasteiger partial charge in [-0.2, -0.15) is 0 Å². The molecule has 18 heavy (non-hydrogen) atoms. The molecule has 1 fully saturated rings. The van der Waals surface area contributed by atoms with E-state index >= 15 is 0 Å². The summed E-state index contributed by atoms with van der Waals surface area (Å²) in [6.07, 6.45) is 4.16. The molecule has 3 rings (SSSR count). The summed E-state index contributed by atoms with van der Waals surface area (Å²) in [5, 5.41) is 2.71. The molecule has 0 spiro atoms. The summed E-state index contributed by atoms with van der Waals surface area (Å²) in [4.78, 5) is 11.3. The molecular weight excluding hydrogens is 244 g/mol. The molecule has 5 heteroatoms. The average Bonchev–Trinajstić information content (AvgIpc) is 2.98. The topological polar surface area (TPSA) is 55.0 Å². The molecule has 0 aliphatic carbocycles. The van der Waals surface area contributed by atoms with E-state index in [4.69, 9.17) is 5.73 Å². The molecule has 0 amide bonds. The van der Waals surface area contributed by atoms with Crippen molar-refractivity contribution in [3.05, 3.63) is 35.0 Å². The zero-order chi connectivity index (χ0) is 12.5. The van der Waals surface area contributed by atoms with Crippen LogP contribution in [-0.2, 0) is 0 Å². The Morgan fingerprint density at radius 3 is 3.11 bits per heavy atom. The van der Waals surface area contributed by atoms with Crippen LogP contribution in [0.1, 0.15) is 30.1 Å². The first kappa shape index (κ1) is 11.5. The van der Waals surface area contributed by atoms with Crippen LogP contribution in [0.15, 0.2) is 23.7 Å². The van der Waals surface area contributed by atoms with E-state index < -0.39 is 0 Å². The van der Waals surface area contributed by atoms with Crippen LogP contribution < -0.4 is 10.6 Å². The van der Waals surface area contributed by atoms with Crippen molar-refractivity contribution in [2.45, 2.75) is 25.8 Å². The van der Waals surface area contributed by atoms with Crippen molar-refractivity contribution in [1.29, 1.82) is 0 Å². The molecule has 0 bridgehead atoms. The third kappa shape index (κ3) is 1.95. The van der Waals surface area contributed by atoms with Gasteiger partial charge < -0.3 is 10.6 Å². The van der Waals surface area contributed by atoms with E-state index in [1.54, 1.807) is 0 Å². The number of nitrogens with two attached hydrogens (primary N) is 1. The molecule has 1 aliphatic heterocycles. The zero-order valence-corrected chi connectivity index (χ0v) is 11.2. The van der Waals surface area contributed by atoms with Gasteiger partial charge in [-0.05, 0) is 31.4 Å². The predicted molar refractivity (Wildman–Crippen MR) is 74.8 cm³/mol. The average molecular weight is 260 g/mol. The van der Waals surface area contributed by atoms with Crippen molar-refractivity contribution in [1.82, 2.24) is 9.97 Å². The van der Waals surface area contributed by atoms with Crippen LogP contribution in [0.25, 0.3) is 0 Å². The van der Waals surface area contributed by atoms with Crippen LogP contribution in [0.5, 0.6) is 0 Å². The number of pyridine rings is 1. The number of thiazole rings is 1. The Morgan fingerprint density at radius 2 is 2.39 bits per heavy atom. The van der Waals surface area contributed by atoms with Crippen molar-refractivity contribution >= 4 is 22.3 Å². The summed E-state index contributed by atoms with van der Waals surface area (Å²) in [5.41, 5.74) is 8.03. The first-order chi connectivity index (χ1) is 8.75. The van der Waals surface area contributed by atoms with Crippen LogP contribution in [0.4, 0.5) is 10.9 Å². The quantitative estimate of drug-likeness (QED) is 0.902. The molecule has 1 aliphatic rings. The maximum atomic E-state index is 5.73. The molecule has 2 aromatic heterocycles. The first-order valence-electron chi connectivity index (χ1n) is 6.15. The van der Waals surface area contributed by atoms with E-state index in [-0.39, 0.29) is 0 Å². The number of rotatable bonds is 2. The van der Waals surface area contributed by atoms with Crippen molar-refractivity contribution in [2.75, 3.05) is 17.2 Å². The molecule has 2 N–H and O–H groups in total. The minimum atomic E-state index is 0.326. The van der Waals surface area contributed by atoms with Gasteiger partial charge in [-0.3, -0.25) is 0 Å². The number of hydrogen-bond donors (Lipinski definition) is 1. The summed E-state index contributed by atoms with van der Waals surface area (Å²) in [7, 11) is 0. The molecule has 1 atom stereocenters. The molecule has 94 valence electrons. The van der Waals surface area contributed by atoms with Gasteiger partial charge in [0.1, 0.15) is 5.82 Å². The highest BCUT2D eigenvalue weighted by Gasteiger charge is 2.29. The maximum Gasteiger partial charge on any atom is 0.180 e. The van der Waals surface area contributed by atoms with Gasteiger partial charge in [-0.25, -0.2) is 9.97 Å². The normalized spacial score (nSPS) is 19.4.